The van der Waals surface area contributed by atoms with E-state index in [0.29, 0.717) is 12.3 Å². The van der Waals surface area contributed by atoms with E-state index in [1.165, 1.54) is 18.4 Å². The van der Waals surface area contributed by atoms with E-state index in [2.05, 4.69) is 40.7 Å². The molecular formula is C18H36O2. The number of rotatable bonds is 8. The smallest absolute Gasteiger partial charge is 0.133 e. The van der Waals surface area contributed by atoms with Gasteiger partial charge in [-0.2, -0.15) is 0 Å². The summed E-state index contributed by atoms with van der Waals surface area (Å²) in [5.41, 5.74) is 1.32. The SMILES string of the molecule is CC(=O)C(CC(C)O)C(C)CCC=C(C)C.CCCC. The van der Waals surface area contributed by atoms with Gasteiger partial charge in [0.05, 0.1) is 6.10 Å². The van der Waals surface area contributed by atoms with Gasteiger partial charge in [-0.3, -0.25) is 4.79 Å². The van der Waals surface area contributed by atoms with Gasteiger partial charge >= 0.3 is 0 Å². The predicted molar refractivity (Wildman–Crippen MR) is 88.9 cm³/mol. The molecular weight excluding hydrogens is 248 g/mol. The molecule has 0 aliphatic rings. The Labute approximate surface area is 126 Å². The molecule has 2 heteroatoms. The molecule has 120 valence electrons. The number of hydrogen-bond donors (Lipinski definition) is 1. The van der Waals surface area contributed by atoms with E-state index in [4.69, 9.17) is 0 Å². The first kappa shape index (κ1) is 21.7. The number of unbranched alkanes of at least 4 members (excludes halogenated alkanes) is 1. The molecule has 0 bridgehead atoms. The maximum atomic E-state index is 11.5. The fourth-order valence-corrected chi connectivity index (χ4v) is 2.00. The lowest BCUT2D eigenvalue weighted by atomic mass is 9.83. The highest BCUT2D eigenvalue weighted by Crippen LogP contribution is 2.23. The number of Topliss-reactive ketones (excluding diaryl/α,β-unsaturated/α-hetero) is 1. The normalized spacial score (nSPS) is 14.6. The van der Waals surface area contributed by atoms with Gasteiger partial charge in [0.15, 0.2) is 0 Å². The number of carbonyl (C=O) groups excluding carboxylic acids is 1. The van der Waals surface area contributed by atoms with Gasteiger partial charge in [-0.1, -0.05) is 45.3 Å². The molecule has 0 saturated carbocycles. The van der Waals surface area contributed by atoms with Crippen molar-refractivity contribution in [3.8, 4) is 0 Å². The molecule has 0 fully saturated rings. The zero-order valence-electron chi connectivity index (χ0n) is 14.7. The third-order valence-corrected chi connectivity index (χ3v) is 3.48. The third-order valence-electron chi connectivity index (χ3n) is 3.48. The topological polar surface area (TPSA) is 37.3 Å². The van der Waals surface area contributed by atoms with Gasteiger partial charge in [0.2, 0.25) is 0 Å². The minimum atomic E-state index is -0.389. The Bertz CT molecular complexity index is 261. The molecule has 2 nitrogen and oxygen atoms in total. The Morgan fingerprint density at radius 3 is 1.90 bits per heavy atom. The van der Waals surface area contributed by atoms with Crippen LogP contribution < -0.4 is 0 Å². The standard InChI is InChI=1S/C14H26O2.C4H10/c1-10(2)7-6-8-11(3)14(13(5)16)9-12(4)15;1-3-4-2/h7,11-12,14-15H,6,8-9H2,1-5H3;3-4H2,1-2H3. The Morgan fingerprint density at radius 2 is 1.60 bits per heavy atom. The minimum absolute atomic E-state index is 0.00515. The van der Waals surface area contributed by atoms with E-state index in [0.717, 1.165) is 12.8 Å². The summed E-state index contributed by atoms with van der Waals surface area (Å²) in [6.07, 6.45) is 7.08. The number of aliphatic hydroxyl groups excluding tert-OH is 1. The Balaban J connectivity index is 0. The molecule has 0 aromatic rings. The maximum Gasteiger partial charge on any atom is 0.133 e. The van der Waals surface area contributed by atoms with Crippen molar-refractivity contribution < 1.29 is 9.90 Å². The third kappa shape index (κ3) is 13.8. The molecule has 0 heterocycles. The van der Waals surface area contributed by atoms with Crippen molar-refractivity contribution in [1.82, 2.24) is 0 Å². The van der Waals surface area contributed by atoms with E-state index < -0.39 is 0 Å². The fourth-order valence-electron chi connectivity index (χ4n) is 2.00. The van der Waals surface area contributed by atoms with Crippen LogP contribution in [0.3, 0.4) is 0 Å². The summed E-state index contributed by atoms with van der Waals surface area (Å²) in [5, 5.41) is 9.37. The van der Waals surface area contributed by atoms with E-state index in [1.54, 1.807) is 13.8 Å². The molecule has 0 aromatic carbocycles. The monoisotopic (exact) mass is 284 g/mol. The summed E-state index contributed by atoms with van der Waals surface area (Å²) in [5.74, 6) is 0.555. The van der Waals surface area contributed by atoms with Gasteiger partial charge in [0.1, 0.15) is 5.78 Å². The first-order valence-corrected chi connectivity index (χ1v) is 8.07. The van der Waals surface area contributed by atoms with Crippen molar-refractivity contribution in [2.24, 2.45) is 11.8 Å². The van der Waals surface area contributed by atoms with Crippen LogP contribution >= 0.6 is 0 Å². The van der Waals surface area contributed by atoms with Crippen molar-refractivity contribution in [3.63, 3.8) is 0 Å². The molecule has 3 atom stereocenters. The second kappa shape index (κ2) is 13.4. The van der Waals surface area contributed by atoms with E-state index in [1.807, 2.05) is 0 Å². The van der Waals surface area contributed by atoms with Crippen molar-refractivity contribution in [3.05, 3.63) is 11.6 Å². The van der Waals surface area contributed by atoms with Crippen LogP contribution in [0.4, 0.5) is 0 Å². The number of ketones is 1. The van der Waals surface area contributed by atoms with Crippen LogP contribution in [0.1, 0.15) is 80.6 Å². The van der Waals surface area contributed by atoms with Crippen LogP contribution in [0.2, 0.25) is 0 Å². The van der Waals surface area contributed by atoms with Crippen LogP contribution in [0, 0.1) is 11.8 Å². The number of carbonyl (C=O) groups is 1. The van der Waals surface area contributed by atoms with E-state index >= 15 is 0 Å². The lowest BCUT2D eigenvalue weighted by molar-refractivity contribution is -0.123. The van der Waals surface area contributed by atoms with E-state index in [-0.39, 0.29) is 17.8 Å². The van der Waals surface area contributed by atoms with Gasteiger partial charge in [-0.15, -0.1) is 0 Å². The van der Waals surface area contributed by atoms with Gasteiger partial charge in [-0.05, 0) is 52.9 Å². The maximum absolute atomic E-state index is 11.5. The van der Waals surface area contributed by atoms with Crippen molar-refractivity contribution in [2.45, 2.75) is 86.7 Å². The highest BCUT2D eigenvalue weighted by atomic mass is 16.3. The second-order valence-corrected chi connectivity index (χ2v) is 6.14. The van der Waals surface area contributed by atoms with Gasteiger partial charge in [0, 0.05) is 5.92 Å². The Kier molecular flexibility index (Phi) is 14.5. The quantitative estimate of drug-likeness (QED) is 0.626. The highest BCUT2D eigenvalue weighted by molar-refractivity contribution is 5.78. The van der Waals surface area contributed by atoms with Crippen LogP contribution in [-0.4, -0.2) is 17.0 Å². The average Bonchev–Trinajstić information content (AvgIpc) is 2.35. The van der Waals surface area contributed by atoms with E-state index in [9.17, 15) is 9.90 Å². The van der Waals surface area contributed by atoms with Crippen molar-refractivity contribution in [1.29, 1.82) is 0 Å². The zero-order chi connectivity index (χ0) is 16.1. The van der Waals surface area contributed by atoms with Crippen molar-refractivity contribution in [2.75, 3.05) is 0 Å². The Hall–Kier alpha value is -0.630. The van der Waals surface area contributed by atoms with Gasteiger partial charge in [-0.25, -0.2) is 0 Å². The number of allylic oxidation sites excluding steroid dienone is 2. The molecule has 0 spiro atoms. The molecule has 0 amide bonds. The molecule has 20 heavy (non-hydrogen) atoms. The zero-order valence-corrected chi connectivity index (χ0v) is 14.7. The second-order valence-electron chi connectivity index (χ2n) is 6.14. The molecule has 0 saturated heterocycles. The first-order valence-electron chi connectivity index (χ1n) is 8.07. The number of hydrogen-bond acceptors (Lipinski definition) is 2. The summed E-state index contributed by atoms with van der Waals surface area (Å²) in [4.78, 5) is 11.5. The first-order chi connectivity index (χ1) is 9.26. The lowest BCUT2D eigenvalue weighted by Gasteiger charge is -2.22. The molecule has 0 aromatic heterocycles. The van der Waals surface area contributed by atoms with Crippen LogP contribution in [0.5, 0.6) is 0 Å². The number of aliphatic hydroxyl groups is 1. The van der Waals surface area contributed by atoms with Crippen molar-refractivity contribution >= 4 is 5.78 Å². The summed E-state index contributed by atoms with van der Waals surface area (Å²) in [6, 6.07) is 0. The van der Waals surface area contributed by atoms with Gasteiger partial charge < -0.3 is 5.11 Å². The fraction of sp³-hybridized carbons (Fsp3) is 0.833. The molecule has 0 rings (SSSR count). The van der Waals surface area contributed by atoms with Crippen LogP contribution in [0.15, 0.2) is 11.6 Å². The molecule has 3 unspecified atom stereocenters. The average molecular weight is 284 g/mol. The van der Waals surface area contributed by atoms with Crippen LogP contribution in [0.25, 0.3) is 0 Å². The minimum Gasteiger partial charge on any atom is -0.393 e. The summed E-state index contributed by atoms with van der Waals surface area (Å²) >= 11 is 0. The molecule has 0 aliphatic carbocycles. The summed E-state index contributed by atoms with van der Waals surface area (Å²) in [7, 11) is 0. The summed E-state index contributed by atoms with van der Waals surface area (Å²) in [6.45, 7) is 14.0. The highest BCUT2D eigenvalue weighted by Gasteiger charge is 2.22. The van der Waals surface area contributed by atoms with Crippen LogP contribution in [-0.2, 0) is 4.79 Å². The van der Waals surface area contributed by atoms with Gasteiger partial charge in [0.25, 0.3) is 0 Å². The predicted octanol–water partition coefficient (Wildman–Crippen LogP) is 5.15. The largest absolute Gasteiger partial charge is 0.393 e. The molecule has 0 radical (unpaired) electrons. The Morgan fingerprint density at radius 1 is 1.10 bits per heavy atom. The summed E-state index contributed by atoms with van der Waals surface area (Å²) < 4.78 is 0. The molecule has 1 N–H and O–H groups in total. The lowest BCUT2D eigenvalue weighted by Crippen LogP contribution is -2.23. The molecule has 0 aliphatic heterocycles.